The zero-order chi connectivity index (χ0) is 42.1. The monoisotopic (exact) mass is 842 g/mol. The first-order chi connectivity index (χ1) is 28.5. The molecule has 0 spiro atoms. The number of hydrogen-bond donors (Lipinski definition) is 2. The van der Waals surface area contributed by atoms with E-state index in [1.807, 2.05) is 13.8 Å². The van der Waals surface area contributed by atoms with Crippen molar-refractivity contribution in [2.75, 3.05) is 36.1 Å². The van der Waals surface area contributed by atoms with E-state index >= 15 is 17.6 Å². The topological polar surface area (TPSA) is 81.1 Å². The Kier molecular flexibility index (Phi) is 14.8. The number of benzene rings is 4. The van der Waals surface area contributed by atoms with E-state index in [1.54, 1.807) is 109 Å². The summed E-state index contributed by atoms with van der Waals surface area (Å²) in [5.41, 5.74) is 0.0796. The Hall–Kier alpha value is -4.87. The van der Waals surface area contributed by atoms with E-state index in [0.29, 0.717) is 25.7 Å². The van der Waals surface area contributed by atoms with Gasteiger partial charge in [-0.05, 0) is 0 Å². The van der Waals surface area contributed by atoms with Crippen molar-refractivity contribution < 1.29 is 54.0 Å². The molecule has 0 saturated heterocycles. The summed E-state index contributed by atoms with van der Waals surface area (Å²) >= 11 is -5.39. The molecule has 0 fully saturated rings. The van der Waals surface area contributed by atoms with E-state index in [4.69, 9.17) is 0 Å². The van der Waals surface area contributed by atoms with Crippen LogP contribution in [0.1, 0.15) is 60.2 Å². The maximum absolute atomic E-state index is 18.2. The molecule has 2 N–H and O–H groups in total. The van der Waals surface area contributed by atoms with Crippen LogP contribution in [0.25, 0.3) is 0 Å². The molecule has 59 heavy (non-hydrogen) atoms. The van der Waals surface area contributed by atoms with Crippen LogP contribution in [0.15, 0.2) is 134 Å². The van der Waals surface area contributed by atoms with Crippen LogP contribution in [-0.4, -0.2) is 48.3 Å². The molecule has 0 radical (unpaired) electrons. The fourth-order valence-electron chi connectivity index (χ4n) is 8.48. The first-order valence-corrected chi connectivity index (χ1v) is 23.5. The predicted octanol–water partition coefficient (Wildman–Crippen LogP) is 9.29. The fraction of sp³-hybridized carbons (Fsp3) is 0.292. The summed E-state index contributed by atoms with van der Waals surface area (Å²) in [5.74, 6) is -5.65. The van der Waals surface area contributed by atoms with Crippen molar-refractivity contribution >= 4 is 30.9 Å². The van der Waals surface area contributed by atoms with Crippen molar-refractivity contribution in [1.82, 2.24) is 0 Å². The van der Waals surface area contributed by atoms with Crippen LogP contribution in [0.4, 0.5) is 28.9 Å². The number of aliphatic hydroxyl groups is 2. The number of halogens is 4. The molecule has 2 unspecified atom stereocenters. The molecule has 2 aliphatic carbocycles. The number of nitrogens with zero attached hydrogens (tertiary/aromatic N) is 2. The fourth-order valence-corrected chi connectivity index (χ4v) is 17.3. The van der Waals surface area contributed by atoms with E-state index in [0.717, 1.165) is 12.1 Å². The number of anilines is 2. The zero-order valence-corrected chi connectivity index (χ0v) is 34.8. The molecular weight excluding hydrogens is 792 g/mol. The first kappa shape index (κ1) is 43.7. The van der Waals surface area contributed by atoms with Gasteiger partial charge in [-0.15, -0.1) is 0 Å². The molecule has 4 aromatic carbocycles. The molecule has 0 heterocycles. The van der Waals surface area contributed by atoms with Gasteiger partial charge in [0.05, 0.1) is 0 Å². The molecular formula is C48H50F4N2O4Ti. The maximum atomic E-state index is 18.2. The van der Waals surface area contributed by atoms with E-state index in [2.05, 4.69) is 0 Å². The van der Waals surface area contributed by atoms with Gasteiger partial charge in [0, 0.05) is 0 Å². The van der Waals surface area contributed by atoms with Gasteiger partial charge in [-0.1, -0.05) is 0 Å². The van der Waals surface area contributed by atoms with Crippen LogP contribution in [0, 0.1) is 35.1 Å². The number of amides is 2. The van der Waals surface area contributed by atoms with E-state index < -0.39 is 67.9 Å². The zero-order valence-electron chi connectivity index (χ0n) is 33.3. The standard InChI is InChI=1S/2C19H20F2NO2.2C5H5.Ti/c2*1-14(6-5-11-23)13-22(18-10-9-16(20)12-17(18)21)19(24)15-7-3-2-4-8-15;2*1-2-4-5-3-1;/h2*2-4,7-10,14,23H,5-6,11,13H2,1H3;2*1-5H;. The van der Waals surface area contributed by atoms with Crippen LogP contribution < -0.4 is 17.5 Å². The quantitative estimate of drug-likeness (QED) is 0.0774. The van der Waals surface area contributed by atoms with Gasteiger partial charge in [-0.25, -0.2) is 0 Å². The predicted molar refractivity (Wildman–Crippen MR) is 223 cm³/mol. The number of aliphatic hydroxyl groups excluding tert-OH is 2. The number of allylic oxidation sites excluding steroid dienone is 8. The molecule has 0 bridgehead atoms. The summed E-state index contributed by atoms with van der Waals surface area (Å²) in [6.45, 7) is 3.64. The summed E-state index contributed by atoms with van der Waals surface area (Å²) in [6, 6.07) is 21.2. The van der Waals surface area contributed by atoms with Crippen LogP contribution in [-0.2, 0) is 16.6 Å². The normalized spacial score (nSPS) is 14.9. The van der Waals surface area contributed by atoms with Crippen LogP contribution >= 0.6 is 0 Å². The van der Waals surface area contributed by atoms with Crippen molar-refractivity contribution in [1.29, 1.82) is 0 Å². The van der Waals surface area contributed by atoms with Crippen LogP contribution in [0.3, 0.4) is 0 Å². The Morgan fingerprint density at radius 2 is 0.932 bits per heavy atom. The summed E-state index contributed by atoms with van der Waals surface area (Å²) < 4.78 is 68.1. The number of rotatable bonds is 18. The molecule has 0 saturated carbocycles. The summed E-state index contributed by atoms with van der Waals surface area (Å²) in [4.78, 5) is 31.2. The van der Waals surface area contributed by atoms with Crippen molar-refractivity contribution in [3.8, 4) is 0 Å². The Balaban J connectivity index is 1.64. The van der Waals surface area contributed by atoms with Crippen LogP contribution in [0.2, 0.25) is 8.45 Å². The third-order valence-electron chi connectivity index (χ3n) is 11.3. The Morgan fingerprint density at radius 3 is 1.27 bits per heavy atom. The first-order valence-electron chi connectivity index (χ1n) is 20.2. The summed E-state index contributed by atoms with van der Waals surface area (Å²) in [6.07, 6.45) is 15.6. The van der Waals surface area contributed by atoms with Gasteiger partial charge >= 0.3 is 349 Å². The Morgan fingerprint density at radius 1 is 0.576 bits per heavy atom. The van der Waals surface area contributed by atoms with Gasteiger partial charge in [0.15, 0.2) is 0 Å². The number of carbonyl (C=O) groups excluding carboxylic acids is 2. The molecule has 2 aliphatic rings. The molecule has 0 aliphatic heterocycles. The third kappa shape index (κ3) is 9.16. The van der Waals surface area contributed by atoms with Gasteiger partial charge < -0.3 is 0 Å². The SMILES string of the molecule is CC(CCCO)CN(C(=O)c1ccccc1)c1ccc(F)[c]([Ti]([c]2c(F)ccc(N(CC(C)CCCO)C(=O)c3ccccc3)c2F)([CH]2C=CC=C2)[CH]2C=CC=C2)c1F. The minimum atomic E-state index is -5.39. The second-order valence-corrected chi connectivity index (χ2v) is 21.8. The number of hydrogen-bond acceptors (Lipinski definition) is 4. The summed E-state index contributed by atoms with van der Waals surface area (Å²) in [7, 11) is 0. The number of carbonyl (C=O) groups is 2. The van der Waals surface area contributed by atoms with Gasteiger partial charge in [-0.2, -0.15) is 0 Å². The van der Waals surface area contributed by atoms with E-state index in [1.165, 1.54) is 21.9 Å². The molecule has 2 atom stereocenters. The van der Waals surface area contributed by atoms with Crippen molar-refractivity contribution in [2.45, 2.75) is 48.0 Å². The van der Waals surface area contributed by atoms with Crippen molar-refractivity contribution in [3.63, 3.8) is 0 Å². The van der Waals surface area contributed by atoms with Gasteiger partial charge in [0.2, 0.25) is 0 Å². The van der Waals surface area contributed by atoms with Crippen molar-refractivity contribution in [3.05, 3.63) is 168 Å². The molecule has 4 aromatic rings. The Bertz CT molecular complexity index is 2050. The average Bonchev–Trinajstić information content (AvgIpc) is 4.00. The van der Waals surface area contributed by atoms with Crippen molar-refractivity contribution in [2.24, 2.45) is 11.8 Å². The molecule has 11 heteroatoms. The Labute approximate surface area is 347 Å². The molecule has 2 amide bonds. The molecule has 6 nitrogen and oxygen atoms in total. The second-order valence-electron chi connectivity index (χ2n) is 15.5. The second kappa shape index (κ2) is 19.9. The minimum absolute atomic E-state index is 0.0193. The van der Waals surface area contributed by atoms with Crippen LogP contribution in [0.5, 0.6) is 0 Å². The van der Waals surface area contributed by atoms with Gasteiger partial charge in [-0.3, -0.25) is 0 Å². The average molecular weight is 843 g/mol. The summed E-state index contributed by atoms with van der Waals surface area (Å²) in [5, 5.41) is 19.1. The third-order valence-corrected chi connectivity index (χ3v) is 19.8. The molecule has 308 valence electrons. The van der Waals surface area contributed by atoms with E-state index in [-0.39, 0.29) is 60.6 Å². The van der Waals surface area contributed by atoms with E-state index in [9.17, 15) is 19.8 Å². The molecule has 6 rings (SSSR count). The van der Waals surface area contributed by atoms with Gasteiger partial charge in [0.1, 0.15) is 0 Å². The molecule has 0 aromatic heterocycles. The van der Waals surface area contributed by atoms with Gasteiger partial charge in [0.25, 0.3) is 0 Å².